The highest BCUT2D eigenvalue weighted by Crippen LogP contribution is 2.16. The van der Waals surface area contributed by atoms with Gasteiger partial charge in [0.05, 0.1) is 17.4 Å². The molecule has 0 radical (unpaired) electrons. The molecule has 1 N–H and O–H groups in total. The summed E-state index contributed by atoms with van der Waals surface area (Å²) in [5, 5.41) is 5.89. The zero-order valence-electron chi connectivity index (χ0n) is 9.63. The van der Waals surface area contributed by atoms with Gasteiger partial charge < -0.3 is 5.32 Å². The Labute approximate surface area is 113 Å². The number of nitrogens with zero attached hydrogens (tertiary/aromatic N) is 3. The van der Waals surface area contributed by atoms with Crippen LogP contribution in [-0.2, 0) is 0 Å². The summed E-state index contributed by atoms with van der Waals surface area (Å²) in [5.41, 5.74) is 0.217. The van der Waals surface area contributed by atoms with Crippen molar-refractivity contribution in [2.24, 2.45) is 0 Å². The molecule has 0 saturated carbocycles. The maximum atomic E-state index is 11.8. The van der Waals surface area contributed by atoms with Gasteiger partial charge in [0.15, 0.2) is 0 Å². The molecule has 0 aliphatic heterocycles. The van der Waals surface area contributed by atoms with Crippen molar-refractivity contribution in [3.8, 4) is 0 Å². The monoisotopic (exact) mass is 282 g/mol. The van der Waals surface area contributed by atoms with Gasteiger partial charge in [0, 0.05) is 24.0 Å². The van der Waals surface area contributed by atoms with Crippen LogP contribution >= 0.6 is 22.9 Å². The molecule has 1 unspecified atom stereocenters. The second-order valence-electron chi connectivity index (χ2n) is 3.71. The lowest BCUT2D eigenvalue weighted by atomic mass is 10.2. The van der Waals surface area contributed by atoms with Crippen LogP contribution in [0.25, 0.3) is 0 Å². The SMILES string of the molecule is CC(CNC(=O)c1cncc(Cl)n1)c1nccs1. The van der Waals surface area contributed by atoms with Crippen LogP contribution in [-0.4, -0.2) is 27.4 Å². The zero-order valence-corrected chi connectivity index (χ0v) is 11.2. The summed E-state index contributed by atoms with van der Waals surface area (Å²) in [6.07, 6.45) is 4.52. The molecule has 0 aliphatic carbocycles. The molecule has 0 aromatic carbocycles. The van der Waals surface area contributed by atoms with Crippen molar-refractivity contribution in [1.29, 1.82) is 0 Å². The topological polar surface area (TPSA) is 67.8 Å². The molecule has 0 saturated heterocycles. The van der Waals surface area contributed by atoms with Gasteiger partial charge in [0.25, 0.3) is 5.91 Å². The first-order valence-electron chi connectivity index (χ1n) is 5.32. The van der Waals surface area contributed by atoms with Crippen LogP contribution < -0.4 is 5.32 Å². The number of carbonyl (C=O) groups excluding carboxylic acids is 1. The number of rotatable bonds is 4. The van der Waals surface area contributed by atoms with Crippen LogP contribution in [0.2, 0.25) is 5.15 Å². The standard InChI is InChI=1S/C11H11ClN4OS/c1-7(11-14-2-3-18-11)4-15-10(17)8-5-13-6-9(12)16-8/h2-3,5-7H,4H2,1H3,(H,15,17). The van der Waals surface area contributed by atoms with E-state index in [0.717, 1.165) is 5.01 Å². The minimum atomic E-state index is -0.284. The maximum absolute atomic E-state index is 11.8. The third-order valence-electron chi connectivity index (χ3n) is 2.28. The van der Waals surface area contributed by atoms with Crippen molar-refractivity contribution < 1.29 is 4.79 Å². The summed E-state index contributed by atoms with van der Waals surface area (Å²) in [7, 11) is 0. The van der Waals surface area contributed by atoms with Gasteiger partial charge in [-0.2, -0.15) is 0 Å². The Bertz CT molecular complexity index is 532. The van der Waals surface area contributed by atoms with Crippen molar-refractivity contribution >= 4 is 28.8 Å². The number of halogens is 1. The Morgan fingerprint density at radius 1 is 1.56 bits per heavy atom. The lowest BCUT2D eigenvalue weighted by Crippen LogP contribution is -2.28. The molecule has 2 aromatic rings. The quantitative estimate of drug-likeness (QED) is 0.933. The number of nitrogens with one attached hydrogen (secondary N) is 1. The normalized spacial score (nSPS) is 12.1. The Balaban J connectivity index is 1.92. The van der Waals surface area contributed by atoms with Gasteiger partial charge in [-0.25, -0.2) is 9.97 Å². The van der Waals surface area contributed by atoms with E-state index in [1.165, 1.54) is 12.4 Å². The largest absolute Gasteiger partial charge is 0.350 e. The van der Waals surface area contributed by atoms with Crippen molar-refractivity contribution in [3.05, 3.63) is 39.8 Å². The van der Waals surface area contributed by atoms with Crippen LogP contribution in [0.5, 0.6) is 0 Å². The van der Waals surface area contributed by atoms with Gasteiger partial charge in [0.1, 0.15) is 10.8 Å². The van der Waals surface area contributed by atoms with E-state index in [4.69, 9.17) is 11.6 Å². The van der Waals surface area contributed by atoms with E-state index in [2.05, 4.69) is 20.3 Å². The summed E-state index contributed by atoms with van der Waals surface area (Å²) in [6, 6.07) is 0. The molecule has 18 heavy (non-hydrogen) atoms. The Morgan fingerprint density at radius 2 is 2.39 bits per heavy atom. The van der Waals surface area contributed by atoms with E-state index >= 15 is 0 Å². The predicted octanol–water partition coefficient (Wildman–Crippen LogP) is 2.12. The molecular weight excluding hydrogens is 272 g/mol. The molecule has 0 spiro atoms. The summed E-state index contributed by atoms with van der Waals surface area (Å²) in [5.74, 6) is -0.116. The molecule has 5 nitrogen and oxygen atoms in total. The van der Waals surface area contributed by atoms with E-state index in [1.54, 1.807) is 17.5 Å². The Hall–Kier alpha value is -1.53. The van der Waals surface area contributed by atoms with Gasteiger partial charge in [-0.3, -0.25) is 9.78 Å². The summed E-state index contributed by atoms with van der Waals surface area (Å²) < 4.78 is 0. The van der Waals surface area contributed by atoms with Crippen LogP contribution in [0.1, 0.15) is 28.3 Å². The lowest BCUT2D eigenvalue weighted by Gasteiger charge is -2.09. The third kappa shape index (κ3) is 3.24. The van der Waals surface area contributed by atoms with Gasteiger partial charge in [-0.15, -0.1) is 11.3 Å². The Kier molecular flexibility index (Phi) is 4.22. The number of carbonyl (C=O) groups is 1. The number of aromatic nitrogens is 3. The van der Waals surface area contributed by atoms with Gasteiger partial charge in [-0.1, -0.05) is 18.5 Å². The average molecular weight is 283 g/mol. The minimum absolute atomic E-state index is 0.168. The van der Waals surface area contributed by atoms with Crippen LogP contribution in [0, 0.1) is 0 Å². The molecule has 1 atom stereocenters. The maximum Gasteiger partial charge on any atom is 0.271 e. The third-order valence-corrected chi connectivity index (χ3v) is 3.47. The first-order valence-corrected chi connectivity index (χ1v) is 6.57. The van der Waals surface area contributed by atoms with E-state index in [9.17, 15) is 4.79 Å². The number of amides is 1. The molecule has 2 heterocycles. The average Bonchev–Trinajstić information content (AvgIpc) is 2.89. The summed E-state index contributed by atoms with van der Waals surface area (Å²) >= 11 is 7.24. The van der Waals surface area contributed by atoms with Crippen LogP contribution in [0.15, 0.2) is 24.0 Å². The number of thiazole rings is 1. The molecule has 2 rings (SSSR count). The van der Waals surface area contributed by atoms with Gasteiger partial charge >= 0.3 is 0 Å². The van der Waals surface area contributed by atoms with Crippen molar-refractivity contribution in [3.63, 3.8) is 0 Å². The van der Waals surface area contributed by atoms with E-state index in [-0.39, 0.29) is 22.7 Å². The molecule has 0 aliphatic rings. The van der Waals surface area contributed by atoms with Crippen molar-refractivity contribution in [1.82, 2.24) is 20.3 Å². The molecule has 7 heteroatoms. The van der Waals surface area contributed by atoms with E-state index in [1.807, 2.05) is 12.3 Å². The summed E-state index contributed by atoms with van der Waals surface area (Å²) in [6.45, 7) is 2.50. The fourth-order valence-corrected chi connectivity index (χ4v) is 2.20. The highest BCUT2D eigenvalue weighted by Gasteiger charge is 2.12. The Morgan fingerprint density at radius 3 is 3.06 bits per heavy atom. The summed E-state index contributed by atoms with van der Waals surface area (Å²) in [4.78, 5) is 23.7. The predicted molar refractivity (Wildman–Crippen MR) is 69.9 cm³/mol. The van der Waals surface area contributed by atoms with Crippen molar-refractivity contribution in [2.75, 3.05) is 6.54 Å². The first kappa shape index (κ1) is 12.9. The molecule has 0 fully saturated rings. The molecular formula is C11H11ClN4OS. The fourth-order valence-electron chi connectivity index (χ4n) is 1.35. The van der Waals surface area contributed by atoms with Crippen LogP contribution in [0.3, 0.4) is 0 Å². The number of hydrogen-bond donors (Lipinski definition) is 1. The van der Waals surface area contributed by atoms with Crippen LogP contribution in [0.4, 0.5) is 0 Å². The second-order valence-corrected chi connectivity index (χ2v) is 5.02. The second kappa shape index (κ2) is 5.88. The van der Waals surface area contributed by atoms with E-state index < -0.39 is 0 Å². The van der Waals surface area contributed by atoms with Crippen molar-refractivity contribution in [2.45, 2.75) is 12.8 Å². The molecule has 0 bridgehead atoms. The lowest BCUT2D eigenvalue weighted by molar-refractivity contribution is 0.0946. The highest BCUT2D eigenvalue weighted by molar-refractivity contribution is 7.09. The first-order chi connectivity index (χ1) is 8.66. The molecule has 1 amide bonds. The van der Waals surface area contributed by atoms with E-state index in [0.29, 0.717) is 6.54 Å². The zero-order chi connectivity index (χ0) is 13.0. The molecule has 2 aromatic heterocycles. The highest BCUT2D eigenvalue weighted by atomic mass is 35.5. The smallest absolute Gasteiger partial charge is 0.271 e. The van der Waals surface area contributed by atoms with Gasteiger partial charge in [-0.05, 0) is 0 Å². The minimum Gasteiger partial charge on any atom is -0.350 e. The fraction of sp³-hybridized carbons (Fsp3) is 0.273. The van der Waals surface area contributed by atoms with Gasteiger partial charge in [0.2, 0.25) is 0 Å². The number of hydrogen-bond acceptors (Lipinski definition) is 5. The molecule has 94 valence electrons.